The first-order chi connectivity index (χ1) is 16.6. The molecule has 2 rings (SSSR count). The van der Waals surface area contributed by atoms with E-state index in [1.54, 1.807) is 0 Å². The molecule has 188 valence electrons. The van der Waals surface area contributed by atoms with Gasteiger partial charge in [-0.1, -0.05) is 90.5 Å². The summed E-state index contributed by atoms with van der Waals surface area (Å²) in [5, 5.41) is 3.09. The molecule has 0 heterocycles. The molecule has 0 aliphatic rings. The second kappa shape index (κ2) is 16.4. The van der Waals surface area contributed by atoms with Crippen molar-refractivity contribution in [1.29, 1.82) is 0 Å². The zero-order valence-electron chi connectivity index (χ0n) is 22.1. The third-order valence-corrected chi connectivity index (χ3v) is 6.39. The van der Waals surface area contributed by atoms with Gasteiger partial charge in [-0.05, 0) is 79.8 Å². The molecule has 0 aromatic heterocycles. The number of anilines is 1. The molecule has 0 radical (unpaired) electrons. The monoisotopic (exact) mass is 465 g/mol. The zero-order chi connectivity index (χ0) is 24.6. The number of nitrogens with one attached hydrogen (secondary N) is 1. The van der Waals surface area contributed by atoms with Crippen LogP contribution in [-0.2, 0) is 24.1 Å². The van der Waals surface area contributed by atoms with E-state index < -0.39 is 6.10 Å². The van der Waals surface area contributed by atoms with Crippen molar-refractivity contribution in [2.45, 2.75) is 117 Å². The third kappa shape index (κ3) is 9.91. The first-order valence-electron chi connectivity index (χ1n) is 13.8. The predicted molar refractivity (Wildman–Crippen MR) is 146 cm³/mol. The largest absolute Gasteiger partial charge is 0.480 e. The van der Waals surface area contributed by atoms with E-state index in [0.29, 0.717) is 0 Å². The number of rotatable bonds is 17. The Balaban J connectivity index is 2.15. The number of hydrogen-bond donors (Lipinski definition) is 1. The maximum Gasteiger partial charge on any atom is 0.265 e. The van der Waals surface area contributed by atoms with Crippen molar-refractivity contribution in [2.24, 2.45) is 0 Å². The van der Waals surface area contributed by atoms with Crippen molar-refractivity contribution in [2.75, 3.05) is 5.32 Å². The van der Waals surface area contributed by atoms with Crippen molar-refractivity contribution in [3.05, 3.63) is 59.2 Å². The summed E-state index contributed by atoms with van der Waals surface area (Å²) in [6, 6.07) is 14.8. The molecule has 2 aromatic carbocycles. The van der Waals surface area contributed by atoms with Crippen molar-refractivity contribution < 1.29 is 9.53 Å². The fourth-order valence-electron chi connectivity index (χ4n) is 4.30. The maximum atomic E-state index is 13.2. The minimum absolute atomic E-state index is 0.0526. The van der Waals surface area contributed by atoms with Crippen LogP contribution in [0.15, 0.2) is 42.5 Å². The molecule has 34 heavy (non-hydrogen) atoms. The van der Waals surface area contributed by atoms with Gasteiger partial charge in [0.15, 0.2) is 6.10 Å². The van der Waals surface area contributed by atoms with Gasteiger partial charge in [-0.15, -0.1) is 0 Å². The molecule has 1 N–H and O–H groups in total. The van der Waals surface area contributed by atoms with E-state index >= 15 is 0 Å². The van der Waals surface area contributed by atoms with Crippen LogP contribution in [0, 0.1) is 0 Å². The molecule has 0 aliphatic heterocycles. The minimum atomic E-state index is -0.480. The van der Waals surface area contributed by atoms with Gasteiger partial charge >= 0.3 is 0 Å². The number of amides is 1. The number of aryl methyl sites for hydroxylation is 3. The van der Waals surface area contributed by atoms with E-state index in [-0.39, 0.29) is 5.91 Å². The van der Waals surface area contributed by atoms with Gasteiger partial charge in [-0.2, -0.15) is 0 Å². The van der Waals surface area contributed by atoms with Gasteiger partial charge in [-0.3, -0.25) is 4.79 Å². The lowest BCUT2D eigenvalue weighted by atomic mass is 10.00. The van der Waals surface area contributed by atoms with Crippen molar-refractivity contribution >= 4 is 11.6 Å². The smallest absolute Gasteiger partial charge is 0.265 e. The molecular weight excluding hydrogens is 418 g/mol. The molecule has 0 bridgehead atoms. The van der Waals surface area contributed by atoms with Crippen LogP contribution in [0.2, 0.25) is 0 Å². The van der Waals surface area contributed by atoms with Crippen LogP contribution in [0.25, 0.3) is 0 Å². The van der Waals surface area contributed by atoms with Crippen LogP contribution in [0.3, 0.4) is 0 Å². The van der Waals surface area contributed by atoms with Gasteiger partial charge in [0.2, 0.25) is 0 Å². The zero-order valence-corrected chi connectivity index (χ0v) is 22.1. The predicted octanol–water partition coefficient (Wildman–Crippen LogP) is 8.68. The summed E-state index contributed by atoms with van der Waals surface area (Å²) in [5.74, 6) is 0.827. The topological polar surface area (TPSA) is 38.3 Å². The number of benzene rings is 2. The Morgan fingerprint density at radius 3 is 2.03 bits per heavy atom. The average molecular weight is 466 g/mol. The Bertz CT molecular complexity index is 828. The Morgan fingerprint density at radius 2 is 1.38 bits per heavy atom. The van der Waals surface area contributed by atoms with E-state index in [1.807, 2.05) is 12.1 Å². The van der Waals surface area contributed by atoms with Crippen molar-refractivity contribution in [3.8, 4) is 5.75 Å². The molecule has 0 saturated heterocycles. The fraction of sp³-hybridized carbons (Fsp3) is 0.581. The summed E-state index contributed by atoms with van der Waals surface area (Å²) >= 11 is 0. The minimum Gasteiger partial charge on any atom is -0.480 e. The highest BCUT2D eigenvalue weighted by Gasteiger charge is 2.21. The molecule has 2 aromatic rings. The van der Waals surface area contributed by atoms with Gasteiger partial charge in [0, 0.05) is 5.69 Å². The molecular formula is C31H47NO2. The van der Waals surface area contributed by atoms with Crippen LogP contribution in [0.1, 0.15) is 109 Å². The van der Waals surface area contributed by atoms with Crippen LogP contribution in [0.5, 0.6) is 5.75 Å². The molecule has 1 unspecified atom stereocenters. The lowest BCUT2D eigenvalue weighted by Crippen LogP contribution is -2.33. The average Bonchev–Trinajstić information content (AvgIpc) is 2.84. The molecule has 3 heteroatoms. The highest BCUT2D eigenvalue weighted by Crippen LogP contribution is 2.26. The standard InChI is InChI=1S/C31H47NO2/c1-5-9-12-15-26-20-23-29(27(24-26)16-13-10-6-2)34-30(17-11-7-3)31(33)32-28-21-18-25(14-8-4)19-22-28/h18-24,30H,5-17H2,1-4H3,(H,32,33). The summed E-state index contributed by atoms with van der Waals surface area (Å²) in [4.78, 5) is 13.2. The normalized spacial score (nSPS) is 11.9. The first-order valence-corrected chi connectivity index (χ1v) is 13.8. The first kappa shape index (κ1) is 28.0. The van der Waals surface area contributed by atoms with Crippen LogP contribution >= 0.6 is 0 Å². The highest BCUT2D eigenvalue weighted by atomic mass is 16.5. The summed E-state index contributed by atoms with van der Waals surface area (Å²) in [7, 11) is 0. The van der Waals surface area contributed by atoms with Crippen LogP contribution in [0.4, 0.5) is 5.69 Å². The maximum absolute atomic E-state index is 13.2. The molecule has 3 nitrogen and oxygen atoms in total. The number of ether oxygens (including phenoxy) is 1. The van der Waals surface area contributed by atoms with Gasteiger partial charge in [-0.25, -0.2) is 0 Å². The molecule has 0 aliphatic carbocycles. The summed E-state index contributed by atoms with van der Waals surface area (Å²) < 4.78 is 6.44. The SMILES string of the molecule is CCCCCc1ccc(OC(CCCC)C(=O)Nc2ccc(CCC)cc2)c(CCCCC)c1. The van der Waals surface area contributed by atoms with E-state index in [4.69, 9.17) is 4.74 Å². The quantitative estimate of drug-likeness (QED) is 0.237. The number of hydrogen-bond acceptors (Lipinski definition) is 2. The second-order valence-corrected chi connectivity index (χ2v) is 9.54. The van der Waals surface area contributed by atoms with E-state index in [2.05, 4.69) is 63.3 Å². The molecule has 1 atom stereocenters. The Labute approximate surface area is 208 Å². The summed E-state index contributed by atoms with van der Waals surface area (Å²) in [5.41, 5.74) is 4.77. The Morgan fingerprint density at radius 1 is 0.735 bits per heavy atom. The second-order valence-electron chi connectivity index (χ2n) is 9.54. The highest BCUT2D eigenvalue weighted by molar-refractivity contribution is 5.94. The molecule has 0 spiro atoms. The Hall–Kier alpha value is -2.29. The van der Waals surface area contributed by atoms with Crippen molar-refractivity contribution in [3.63, 3.8) is 0 Å². The summed E-state index contributed by atoms with van der Waals surface area (Å²) in [6.07, 6.45) is 13.9. The fourth-order valence-corrected chi connectivity index (χ4v) is 4.30. The Kier molecular flexibility index (Phi) is 13.4. The van der Waals surface area contributed by atoms with E-state index in [0.717, 1.165) is 62.8 Å². The number of carbonyl (C=O) groups excluding carboxylic acids is 1. The number of unbranched alkanes of at least 4 members (excludes halogenated alkanes) is 5. The molecule has 1 amide bonds. The lowest BCUT2D eigenvalue weighted by Gasteiger charge is -2.21. The molecule has 0 saturated carbocycles. The molecule has 0 fully saturated rings. The van der Waals surface area contributed by atoms with Crippen LogP contribution < -0.4 is 10.1 Å². The van der Waals surface area contributed by atoms with Gasteiger partial charge < -0.3 is 10.1 Å². The summed E-state index contributed by atoms with van der Waals surface area (Å²) in [6.45, 7) is 8.81. The van der Waals surface area contributed by atoms with E-state index in [1.165, 1.54) is 48.8 Å². The lowest BCUT2D eigenvalue weighted by molar-refractivity contribution is -0.123. The van der Waals surface area contributed by atoms with Crippen molar-refractivity contribution in [1.82, 2.24) is 0 Å². The van der Waals surface area contributed by atoms with E-state index in [9.17, 15) is 4.79 Å². The van der Waals surface area contributed by atoms with Gasteiger partial charge in [0.25, 0.3) is 5.91 Å². The van der Waals surface area contributed by atoms with Gasteiger partial charge in [0.05, 0.1) is 0 Å². The van der Waals surface area contributed by atoms with Crippen LogP contribution in [-0.4, -0.2) is 12.0 Å². The van der Waals surface area contributed by atoms with Gasteiger partial charge in [0.1, 0.15) is 5.75 Å². The number of carbonyl (C=O) groups is 1. The third-order valence-electron chi connectivity index (χ3n) is 6.39.